The largest absolute Gasteiger partial charge is 0.325 e. The average Bonchev–Trinajstić information content (AvgIpc) is 2.78. The average molecular weight is 428 g/mol. The van der Waals surface area contributed by atoms with Crippen molar-refractivity contribution in [1.29, 1.82) is 5.26 Å². The first-order valence-electron chi connectivity index (χ1n) is 9.97. The number of aryl methyl sites for hydroxylation is 1. The fraction of sp³-hybridized carbons (Fsp3) is 0.160. The van der Waals surface area contributed by atoms with Gasteiger partial charge in [0.15, 0.2) is 0 Å². The second kappa shape index (κ2) is 9.07. The lowest BCUT2D eigenvalue weighted by Gasteiger charge is -2.26. The molecule has 0 bridgehead atoms. The van der Waals surface area contributed by atoms with E-state index in [1.54, 1.807) is 0 Å². The zero-order valence-corrected chi connectivity index (χ0v) is 17.8. The van der Waals surface area contributed by atoms with Gasteiger partial charge in [0.05, 0.1) is 22.4 Å². The fourth-order valence-electron chi connectivity index (χ4n) is 3.83. The molecule has 1 aliphatic rings. The molecule has 0 saturated heterocycles. The molecule has 154 valence electrons. The topological polar surface area (TPSA) is 82.0 Å². The second-order valence-corrected chi connectivity index (χ2v) is 8.37. The van der Waals surface area contributed by atoms with Gasteiger partial charge in [-0.25, -0.2) is 0 Å². The molecular weight excluding hydrogens is 406 g/mol. The molecule has 1 heterocycles. The van der Waals surface area contributed by atoms with Gasteiger partial charge in [0.1, 0.15) is 0 Å². The van der Waals surface area contributed by atoms with Crippen LogP contribution in [-0.4, -0.2) is 17.6 Å². The molecule has 0 radical (unpaired) electrons. The van der Waals surface area contributed by atoms with Crippen molar-refractivity contribution in [3.05, 3.63) is 88.5 Å². The van der Waals surface area contributed by atoms with Gasteiger partial charge in [-0.15, -0.1) is 0 Å². The molecule has 0 fully saturated rings. The van der Waals surface area contributed by atoms with Gasteiger partial charge in [0.2, 0.25) is 11.8 Å². The highest BCUT2D eigenvalue weighted by atomic mass is 32.2. The number of nitrogens with one attached hydrogen (secondary N) is 2. The highest BCUT2D eigenvalue weighted by Crippen LogP contribution is 2.37. The first kappa shape index (κ1) is 20.7. The molecule has 0 aliphatic carbocycles. The Morgan fingerprint density at radius 2 is 1.87 bits per heavy atom. The first-order chi connectivity index (χ1) is 15.1. The van der Waals surface area contributed by atoms with E-state index in [1.807, 2.05) is 73.7 Å². The maximum atomic E-state index is 12.6. The van der Waals surface area contributed by atoms with E-state index in [9.17, 15) is 14.9 Å². The lowest BCUT2D eigenvalue weighted by Crippen LogP contribution is -2.31. The smallest absolute Gasteiger partial charge is 0.234 e. The van der Waals surface area contributed by atoms with Crippen molar-refractivity contribution in [3.8, 4) is 6.07 Å². The third kappa shape index (κ3) is 4.47. The van der Waals surface area contributed by atoms with Gasteiger partial charge in [-0.05, 0) is 29.5 Å². The summed E-state index contributed by atoms with van der Waals surface area (Å²) in [5.41, 5.74) is 3.24. The number of amides is 2. The summed E-state index contributed by atoms with van der Waals surface area (Å²) >= 11 is 1.18. The molecule has 31 heavy (non-hydrogen) atoms. The minimum atomic E-state index is -0.302. The molecule has 1 aliphatic heterocycles. The maximum Gasteiger partial charge on any atom is 0.234 e. The lowest BCUT2D eigenvalue weighted by molar-refractivity contribution is -0.121. The molecule has 2 N–H and O–H groups in total. The molecule has 3 aromatic carbocycles. The van der Waals surface area contributed by atoms with Gasteiger partial charge < -0.3 is 10.6 Å². The highest BCUT2D eigenvalue weighted by Gasteiger charge is 2.30. The van der Waals surface area contributed by atoms with Crippen LogP contribution in [0.25, 0.3) is 10.8 Å². The number of nitrogens with zero attached hydrogens (tertiary/aromatic N) is 1. The Kier molecular flexibility index (Phi) is 6.06. The van der Waals surface area contributed by atoms with E-state index in [2.05, 4.69) is 16.7 Å². The summed E-state index contributed by atoms with van der Waals surface area (Å²) in [7, 11) is 0. The van der Waals surface area contributed by atoms with Crippen molar-refractivity contribution >= 4 is 40.0 Å². The fourth-order valence-corrected chi connectivity index (χ4v) is 4.71. The summed E-state index contributed by atoms with van der Waals surface area (Å²) in [6, 6.07) is 23.6. The molecule has 3 aromatic rings. The van der Waals surface area contributed by atoms with Crippen molar-refractivity contribution < 1.29 is 9.59 Å². The predicted octanol–water partition coefficient (Wildman–Crippen LogP) is 4.86. The van der Waals surface area contributed by atoms with Gasteiger partial charge in [-0.1, -0.05) is 72.4 Å². The number of fused-ring (bicyclic) bond motifs is 1. The number of anilines is 1. The van der Waals surface area contributed by atoms with Crippen LogP contribution >= 0.6 is 11.8 Å². The molecule has 0 spiro atoms. The van der Waals surface area contributed by atoms with Crippen LogP contribution in [0.1, 0.15) is 23.5 Å². The normalized spacial score (nSPS) is 16.0. The zero-order chi connectivity index (χ0) is 21.8. The Morgan fingerprint density at radius 3 is 2.68 bits per heavy atom. The van der Waals surface area contributed by atoms with Crippen molar-refractivity contribution in [1.82, 2.24) is 5.32 Å². The van der Waals surface area contributed by atoms with Crippen LogP contribution in [0.3, 0.4) is 0 Å². The monoisotopic (exact) mass is 427 g/mol. The van der Waals surface area contributed by atoms with E-state index in [0.29, 0.717) is 10.6 Å². The minimum Gasteiger partial charge on any atom is -0.325 e. The third-order valence-corrected chi connectivity index (χ3v) is 6.35. The summed E-state index contributed by atoms with van der Waals surface area (Å²) in [5, 5.41) is 18.0. The summed E-state index contributed by atoms with van der Waals surface area (Å²) in [6.07, 6.45) is 0.222. The molecular formula is C25H21N3O2S. The van der Waals surface area contributed by atoms with E-state index >= 15 is 0 Å². The Morgan fingerprint density at radius 1 is 1.13 bits per heavy atom. The van der Waals surface area contributed by atoms with Crippen molar-refractivity contribution in [2.24, 2.45) is 0 Å². The standard InChI is InChI=1S/C25H21N3O2S/c1-16-7-2-4-10-18(16)20-13-23(29)28-25(21(20)14-26)31-15-24(30)27-22-12-6-9-17-8-3-5-11-19(17)22/h2-12,20H,13,15H2,1H3,(H,27,30)(H,28,29). The van der Waals surface area contributed by atoms with Crippen LogP contribution in [0.4, 0.5) is 5.69 Å². The van der Waals surface area contributed by atoms with Crippen LogP contribution in [0.5, 0.6) is 0 Å². The van der Waals surface area contributed by atoms with E-state index in [0.717, 1.165) is 27.6 Å². The van der Waals surface area contributed by atoms with Crippen molar-refractivity contribution in [2.75, 3.05) is 11.1 Å². The van der Waals surface area contributed by atoms with Gasteiger partial charge in [0, 0.05) is 23.4 Å². The molecule has 2 amide bonds. The lowest BCUT2D eigenvalue weighted by atomic mass is 9.85. The Bertz CT molecular complexity index is 1240. The predicted molar refractivity (Wildman–Crippen MR) is 124 cm³/mol. The summed E-state index contributed by atoms with van der Waals surface area (Å²) in [5.74, 6) is -0.559. The van der Waals surface area contributed by atoms with E-state index in [1.165, 1.54) is 11.8 Å². The second-order valence-electron chi connectivity index (χ2n) is 7.38. The molecule has 5 nitrogen and oxygen atoms in total. The highest BCUT2D eigenvalue weighted by molar-refractivity contribution is 8.03. The molecule has 0 aromatic heterocycles. The summed E-state index contributed by atoms with van der Waals surface area (Å²) in [4.78, 5) is 25.0. The zero-order valence-electron chi connectivity index (χ0n) is 17.0. The quantitative estimate of drug-likeness (QED) is 0.609. The summed E-state index contributed by atoms with van der Waals surface area (Å²) in [6.45, 7) is 1.97. The SMILES string of the molecule is Cc1ccccc1C1CC(=O)NC(SCC(=O)Nc2cccc3ccccc23)=C1C#N. The Hall–Kier alpha value is -3.56. The van der Waals surface area contributed by atoms with E-state index in [-0.39, 0.29) is 29.9 Å². The van der Waals surface area contributed by atoms with Crippen LogP contribution in [-0.2, 0) is 9.59 Å². The maximum absolute atomic E-state index is 12.6. The van der Waals surface area contributed by atoms with Crippen LogP contribution in [0.2, 0.25) is 0 Å². The van der Waals surface area contributed by atoms with Gasteiger partial charge in [-0.3, -0.25) is 9.59 Å². The number of rotatable bonds is 5. The minimum absolute atomic E-state index is 0.0878. The number of carbonyl (C=O) groups is 2. The van der Waals surface area contributed by atoms with Crippen molar-refractivity contribution in [3.63, 3.8) is 0 Å². The molecule has 1 unspecified atom stereocenters. The molecule has 6 heteroatoms. The van der Waals surface area contributed by atoms with Gasteiger partial charge >= 0.3 is 0 Å². The Labute approximate surface area is 185 Å². The number of benzene rings is 3. The number of thioether (sulfide) groups is 1. The van der Waals surface area contributed by atoms with Crippen LogP contribution < -0.4 is 10.6 Å². The Balaban J connectivity index is 1.53. The number of hydrogen-bond donors (Lipinski definition) is 2. The van der Waals surface area contributed by atoms with E-state index in [4.69, 9.17) is 0 Å². The van der Waals surface area contributed by atoms with Gasteiger partial charge in [-0.2, -0.15) is 5.26 Å². The number of carbonyl (C=O) groups excluding carboxylic acids is 2. The number of allylic oxidation sites excluding steroid dienone is 1. The molecule has 0 saturated carbocycles. The number of nitriles is 1. The van der Waals surface area contributed by atoms with Crippen LogP contribution in [0, 0.1) is 18.3 Å². The number of hydrogen-bond acceptors (Lipinski definition) is 4. The third-order valence-electron chi connectivity index (χ3n) is 5.33. The van der Waals surface area contributed by atoms with Crippen molar-refractivity contribution in [2.45, 2.75) is 19.3 Å². The van der Waals surface area contributed by atoms with Gasteiger partial charge in [0.25, 0.3) is 0 Å². The summed E-state index contributed by atoms with van der Waals surface area (Å²) < 4.78 is 0. The van der Waals surface area contributed by atoms with Crippen LogP contribution in [0.15, 0.2) is 77.3 Å². The molecule has 4 rings (SSSR count). The first-order valence-corrected chi connectivity index (χ1v) is 11.0. The van der Waals surface area contributed by atoms with E-state index < -0.39 is 0 Å². The molecule has 1 atom stereocenters.